The molecule has 0 spiro atoms. The van der Waals surface area contributed by atoms with Crippen LogP contribution in [0.4, 0.5) is 10.5 Å². The molecule has 0 aliphatic carbocycles. The van der Waals surface area contributed by atoms with E-state index in [0.717, 1.165) is 4.90 Å². The normalized spacial score (nSPS) is 11.1. The summed E-state index contributed by atoms with van der Waals surface area (Å²) in [6, 6.07) is 2.25. The van der Waals surface area contributed by atoms with Crippen LogP contribution in [0.2, 0.25) is 15.1 Å². The molecule has 0 heterocycles. The van der Waals surface area contributed by atoms with E-state index < -0.39 is 24.1 Å². The van der Waals surface area contributed by atoms with Crippen molar-refractivity contribution in [2.75, 3.05) is 11.9 Å². The third-order valence-electron chi connectivity index (χ3n) is 2.59. The van der Waals surface area contributed by atoms with E-state index in [4.69, 9.17) is 39.9 Å². The molecule has 0 aliphatic heterocycles. The van der Waals surface area contributed by atoms with Crippen molar-refractivity contribution in [3.8, 4) is 0 Å². The van der Waals surface area contributed by atoms with Crippen LogP contribution in [0.3, 0.4) is 0 Å². The molecule has 8 heteroatoms. The third-order valence-corrected chi connectivity index (χ3v) is 3.40. The Morgan fingerprint density at radius 3 is 2.05 bits per heavy atom. The molecule has 1 aromatic carbocycles. The van der Waals surface area contributed by atoms with Gasteiger partial charge in [-0.3, -0.25) is 4.79 Å². The first kappa shape index (κ1) is 17.9. The van der Waals surface area contributed by atoms with Gasteiger partial charge in [-0.2, -0.15) is 0 Å². The second-order valence-corrected chi connectivity index (χ2v) is 6.58. The van der Waals surface area contributed by atoms with Gasteiger partial charge in [-0.05, 0) is 32.9 Å². The highest BCUT2D eigenvalue weighted by Gasteiger charge is 2.29. The van der Waals surface area contributed by atoms with Gasteiger partial charge in [0.05, 0.1) is 15.7 Å². The average molecular weight is 354 g/mol. The van der Waals surface area contributed by atoms with Crippen LogP contribution in [0.5, 0.6) is 0 Å². The Balaban J connectivity index is 3.05. The molecule has 1 rings (SSSR count). The molecule has 0 saturated carbocycles. The van der Waals surface area contributed by atoms with Crippen LogP contribution in [0.1, 0.15) is 20.8 Å². The lowest BCUT2D eigenvalue weighted by atomic mass is 10.1. The van der Waals surface area contributed by atoms with Crippen molar-refractivity contribution in [3.63, 3.8) is 0 Å². The van der Waals surface area contributed by atoms with E-state index in [1.165, 1.54) is 12.1 Å². The molecular weight excluding hydrogens is 339 g/mol. The largest absolute Gasteiger partial charge is 0.480 e. The minimum atomic E-state index is -1.12. The summed E-state index contributed by atoms with van der Waals surface area (Å²) in [7, 11) is 0. The van der Waals surface area contributed by atoms with Gasteiger partial charge in [-0.15, -0.1) is 0 Å². The fraction of sp³-hybridized carbons (Fsp3) is 0.385. The molecule has 0 atom stereocenters. The van der Waals surface area contributed by atoms with E-state index in [1.54, 1.807) is 20.8 Å². The van der Waals surface area contributed by atoms with Crippen LogP contribution < -0.4 is 5.32 Å². The van der Waals surface area contributed by atoms with Crippen molar-refractivity contribution in [1.82, 2.24) is 4.90 Å². The number of urea groups is 1. The zero-order valence-electron chi connectivity index (χ0n) is 11.7. The second-order valence-electron chi connectivity index (χ2n) is 5.33. The predicted molar refractivity (Wildman–Crippen MR) is 84.6 cm³/mol. The summed E-state index contributed by atoms with van der Waals surface area (Å²) in [5.74, 6) is -1.12. The summed E-state index contributed by atoms with van der Waals surface area (Å²) in [5.41, 5.74) is -0.499. The number of amides is 2. The lowest BCUT2D eigenvalue weighted by Crippen LogP contribution is -2.50. The fourth-order valence-electron chi connectivity index (χ4n) is 1.58. The number of halogens is 3. The number of rotatable bonds is 3. The first-order valence-corrected chi connectivity index (χ1v) is 7.10. The maximum Gasteiger partial charge on any atom is 0.323 e. The van der Waals surface area contributed by atoms with Gasteiger partial charge in [-0.25, -0.2) is 4.79 Å². The summed E-state index contributed by atoms with van der Waals surface area (Å²) in [6.45, 7) is 4.72. The standard InChI is InChI=1S/C13H15Cl3N2O3/c1-13(2,3)18(6-10(19)20)12(21)17-11-8(15)4-7(14)5-9(11)16/h4-5H,6H2,1-3H3,(H,17,21)(H,19,20). The number of carboxylic acids is 1. The highest BCUT2D eigenvalue weighted by Crippen LogP contribution is 2.34. The van der Waals surface area contributed by atoms with Gasteiger partial charge in [0.15, 0.2) is 0 Å². The average Bonchev–Trinajstić information content (AvgIpc) is 2.28. The predicted octanol–water partition coefficient (Wildman–Crippen LogP) is 4.36. The zero-order chi connectivity index (χ0) is 16.4. The minimum Gasteiger partial charge on any atom is -0.480 e. The van der Waals surface area contributed by atoms with Gasteiger partial charge in [0.25, 0.3) is 0 Å². The van der Waals surface area contributed by atoms with Crippen LogP contribution in [-0.2, 0) is 4.79 Å². The smallest absolute Gasteiger partial charge is 0.323 e. The number of nitrogens with one attached hydrogen (secondary N) is 1. The lowest BCUT2D eigenvalue weighted by Gasteiger charge is -2.34. The molecule has 0 aliphatic rings. The number of carbonyl (C=O) groups excluding carboxylic acids is 1. The van der Waals surface area contributed by atoms with Gasteiger partial charge in [-0.1, -0.05) is 34.8 Å². The molecule has 116 valence electrons. The third kappa shape index (κ3) is 4.95. The van der Waals surface area contributed by atoms with E-state index in [9.17, 15) is 9.59 Å². The number of hydrogen-bond acceptors (Lipinski definition) is 2. The van der Waals surface area contributed by atoms with Crippen LogP contribution in [-0.4, -0.2) is 34.1 Å². The monoisotopic (exact) mass is 352 g/mol. The van der Waals surface area contributed by atoms with Crippen LogP contribution >= 0.6 is 34.8 Å². The quantitative estimate of drug-likeness (QED) is 0.848. The van der Waals surface area contributed by atoms with Crippen molar-refractivity contribution in [1.29, 1.82) is 0 Å². The fourth-order valence-corrected chi connectivity index (χ4v) is 2.50. The molecule has 0 bridgehead atoms. The first-order valence-electron chi connectivity index (χ1n) is 5.97. The number of carboxylic acid groups (broad SMARTS) is 1. The number of carbonyl (C=O) groups is 2. The van der Waals surface area contributed by atoms with Gasteiger partial charge in [0.2, 0.25) is 0 Å². The number of anilines is 1. The van der Waals surface area contributed by atoms with Crippen molar-refractivity contribution in [3.05, 3.63) is 27.2 Å². The molecule has 0 unspecified atom stereocenters. The van der Waals surface area contributed by atoms with Crippen LogP contribution in [0.15, 0.2) is 12.1 Å². The molecular formula is C13H15Cl3N2O3. The van der Waals surface area contributed by atoms with Crippen molar-refractivity contribution < 1.29 is 14.7 Å². The number of nitrogens with zero attached hydrogens (tertiary/aromatic N) is 1. The Labute approximate surface area is 137 Å². The Hall–Kier alpha value is -1.17. The first-order chi connectivity index (χ1) is 9.52. The minimum absolute atomic E-state index is 0.171. The Bertz CT molecular complexity index is 547. The number of benzene rings is 1. The molecule has 21 heavy (non-hydrogen) atoms. The van der Waals surface area contributed by atoms with Gasteiger partial charge in [0.1, 0.15) is 6.54 Å². The Morgan fingerprint density at radius 1 is 1.19 bits per heavy atom. The van der Waals surface area contributed by atoms with Crippen LogP contribution in [0.25, 0.3) is 0 Å². The van der Waals surface area contributed by atoms with E-state index in [1.807, 2.05) is 0 Å². The highest BCUT2D eigenvalue weighted by atomic mass is 35.5. The summed E-state index contributed by atoms with van der Waals surface area (Å²) < 4.78 is 0. The molecule has 0 saturated heterocycles. The molecule has 0 radical (unpaired) electrons. The number of hydrogen-bond donors (Lipinski definition) is 2. The maximum absolute atomic E-state index is 12.3. The molecule has 2 N–H and O–H groups in total. The van der Waals surface area contributed by atoms with E-state index in [2.05, 4.69) is 5.32 Å². The van der Waals surface area contributed by atoms with Crippen molar-refractivity contribution >= 4 is 52.5 Å². The van der Waals surface area contributed by atoms with Gasteiger partial charge in [0, 0.05) is 10.6 Å². The summed E-state index contributed by atoms with van der Waals surface area (Å²) >= 11 is 17.8. The van der Waals surface area contributed by atoms with Crippen LogP contribution in [0, 0.1) is 0 Å². The highest BCUT2D eigenvalue weighted by molar-refractivity contribution is 6.42. The second kappa shape index (κ2) is 6.73. The zero-order valence-corrected chi connectivity index (χ0v) is 14.0. The van der Waals surface area contributed by atoms with E-state index >= 15 is 0 Å². The van der Waals surface area contributed by atoms with Crippen molar-refractivity contribution in [2.45, 2.75) is 26.3 Å². The van der Waals surface area contributed by atoms with E-state index in [0.29, 0.717) is 5.02 Å². The summed E-state index contributed by atoms with van der Waals surface area (Å²) in [5, 5.41) is 12.1. The number of aliphatic carboxylic acids is 1. The van der Waals surface area contributed by atoms with E-state index in [-0.39, 0.29) is 15.7 Å². The maximum atomic E-state index is 12.3. The van der Waals surface area contributed by atoms with Gasteiger partial charge >= 0.3 is 12.0 Å². The van der Waals surface area contributed by atoms with Gasteiger partial charge < -0.3 is 15.3 Å². The molecule has 0 aromatic heterocycles. The Morgan fingerprint density at radius 2 is 1.67 bits per heavy atom. The lowest BCUT2D eigenvalue weighted by molar-refractivity contribution is -0.138. The summed E-state index contributed by atoms with van der Waals surface area (Å²) in [4.78, 5) is 24.3. The van der Waals surface area contributed by atoms with Crippen molar-refractivity contribution in [2.24, 2.45) is 0 Å². The topological polar surface area (TPSA) is 69.6 Å². The molecule has 0 fully saturated rings. The SMILES string of the molecule is CC(C)(C)N(CC(=O)O)C(=O)Nc1c(Cl)cc(Cl)cc1Cl. The molecule has 2 amide bonds. The molecule has 5 nitrogen and oxygen atoms in total. The molecule has 1 aromatic rings. The summed E-state index contributed by atoms with van der Waals surface area (Å²) in [6.07, 6.45) is 0. The Kier molecular flexibility index (Phi) is 5.73.